The summed E-state index contributed by atoms with van der Waals surface area (Å²) in [5.74, 6) is 0.900. The van der Waals surface area contributed by atoms with E-state index in [0.29, 0.717) is 11.3 Å². The largest absolute Gasteiger partial charge is 0.497 e. The average Bonchev–Trinajstić information content (AvgIpc) is 3.13. The van der Waals surface area contributed by atoms with Crippen molar-refractivity contribution in [3.63, 3.8) is 0 Å². The predicted molar refractivity (Wildman–Crippen MR) is 120 cm³/mol. The number of methoxy groups -OCH3 is 1. The number of ether oxygens (including phenoxy) is 1. The van der Waals surface area contributed by atoms with Crippen molar-refractivity contribution in [2.75, 3.05) is 20.2 Å². The molecule has 0 spiro atoms. The number of nitrogens with one attached hydrogen (secondary N) is 1. The zero-order valence-corrected chi connectivity index (χ0v) is 17.2. The van der Waals surface area contributed by atoms with E-state index >= 15 is 0 Å². The summed E-state index contributed by atoms with van der Waals surface area (Å²) in [5, 5.41) is 6.69. The summed E-state index contributed by atoms with van der Waals surface area (Å²) in [4.78, 5) is 2.54. The summed E-state index contributed by atoms with van der Waals surface area (Å²) in [6.07, 6.45) is 1.14. The van der Waals surface area contributed by atoms with Gasteiger partial charge in [-0.1, -0.05) is 54.6 Å². The summed E-state index contributed by atoms with van der Waals surface area (Å²) in [7, 11) is 1.71. The molecule has 0 amide bonds. The monoisotopic (exact) mass is 392 g/mol. The van der Waals surface area contributed by atoms with Crippen molar-refractivity contribution >= 4 is 23.4 Å². The van der Waals surface area contributed by atoms with Crippen LogP contribution >= 0.6 is 12.6 Å². The van der Waals surface area contributed by atoms with Crippen molar-refractivity contribution in [2.45, 2.75) is 30.8 Å². The first kappa shape index (κ1) is 19.3. The number of thiol groups is 1. The number of benzene rings is 3. The SMILES string of the molecule is COc1ccc(CN(Cc2cccc3ccccc23)C[C@H]2NCC[C@H]2S)cc1. The lowest BCUT2D eigenvalue weighted by molar-refractivity contribution is 0.235. The van der Waals surface area contributed by atoms with E-state index in [4.69, 9.17) is 17.4 Å². The first-order valence-electron chi connectivity index (χ1n) is 9.96. The molecule has 0 unspecified atom stereocenters. The van der Waals surface area contributed by atoms with E-state index in [-0.39, 0.29) is 0 Å². The first-order valence-corrected chi connectivity index (χ1v) is 10.5. The lowest BCUT2D eigenvalue weighted by Gasteiger charge is -2.28. The number of hydrogen-bond acceptors (Lipinski definition) is 4. The highest BCUT2D eigenvalue weighted by Gasteiger charge is 2.26. The molecule has 1 fully saturated rings. The molecule has 4 heteroatoms. The minimum absolute atomic E-state index is 0.422. The minimum atomic E-state index is 0.422. The molecule has 0 saturated carbocycles. The molecule has 1 heterocycles. The fraction of sp³-hybridized carbons (Fsp3) is 0.333. The molecule has 1 saturated heterocycles. The second-order valence-electron chi connectivity index (χ2n) is 7.57. The molecule has 3 aromatic carbocycles. The van der Waals surface area contributed by atoms with Crippen LogP contribution in [0.25, 0.3) is 10.8 Å². The van der Waals surface area contributed by atoms with E-state index in [9.17, 15) is 0 Å². The van der Waals surface area contributed by atoms with Crippen molar-refractivity contribution in [1.29, 1.82) is 0 Å². The van der Waals surface area contributed by atoms with Crippen LogP contribution in [0.15, 0.2) is 66.7 Å². The maximum Gasteiger partial charge on any atom is 0.118 e. The highest BCUT2D eigenvalue weighted by molar-refractivity contribution is 7.81. The van der Waals surface area contributed by atoms with Gasteiger partial charge in [0.1, 0.15) is 5.75 Å². The number of fused-ring (bicyclic) bond motifs is 1. The quantitative estimate of drug-likeness (QED) is 0.579. The fourth-order valence-corrected chi connectivity index (χ4v) is 4.39. The van der Waals surface area contributed by atoms with Crippen molar-refractivity contribution < 1.29 is 4.74 Å². The van der Waals surface area contributed by atoms with Crippen LogP contribution < -0.4 is 10.1 Å². The summed E-state index contributed by atoms with van der Waals surface area (Å²) in [6.45, 7) is 3.88. The van der Waals surface area contributed by atoms with Gasteiger partial charge in [0.05, 0.1) is 7.11 Å². The van der Waals surface area contributed by atoms with Gasteiger partial charge in [0.2, 0.25) is 0 Å². The van der Waals surface area contributed by atoms with E-state index in [1.165, 1.54) is 21.9 Å². The van der Waals surface area contributed by atoms with E-state index in [1.54, 1.807) is 7.11 Å². The Morgan fingerprint density at radius 3 is 2.54 bits per heavy atom. The molecule has 1 aliphatic rings. The highest BCUT2D eigenvalue weighted by atomic mass is 32.1. The maximum atomic E-state index is 5.31. The van der Waals surface area contributed by atoms with Crippen molar-refractivity contribution in [2.24, 2.45) is 0 Å². The Morgan fingerprint density at radius 1 is 1.00 bits per heavy atom. The lowest BCUT2D eigenvalue weighted by Crippen LogP contribution is -2.40. The third-order valence-corrected chi connectivity index (χ3v) is 6.22. The average molecular weight is 393 g/mol. The standard InChI is InChI=1S/C24H28N2OS/c1-27-21-11-9-18(10-12-21)15-26(17-23-24(28)13-14-25-23)16-20-7-4-6-19-5-2-3-8-22(19)20/h2-12,23-25,28H,13-17H2,1H3/t23-,24-/m1/s1. The van der Waals surface area contributed by atoms with Gasteiger partial charge in [-0.3, -0.25) is 4.90 Å². The zero-order chi connectivity index (χ0) is 19.3. The lowest BCUT2D eigenvalue weighted by atomic mass is 10.0. The van der Waals surface area contributed by atoms with Gasteiger partial charge in [-0.2, -0.15) is 12.6 Å². The van der Waals surface area contributed by atoms with Gasteiger partial charge < -0.3 is 10.1 Å². The summed E-state index contributed by atoms with van der Waals surface area (Å²) >= 11 is 4.79. The molecule has 3 nitrogen and oxygen atoms in total. The molecule has 0 aliphatic carbocycles. The van der Waals surface area contributed by atoms with E-state index in [1.807, 2.05) is 12.1 Å². The molecule has 2 atom stereocenters. The molecule has 1 aliphatic heterocycles. The van der Waals surface area contributed by atoms with Crippen molar-refractivity contribution in [1.82, 2.24) is 10.2 Å². The molecular weight excluding hydrogens is 364 g/mol. The Kier molecular flexibility index (Phi) is 6.20. The molecule has 28 heavy (non-hydrogen) atoms. The third kappa shape index (κ3) is 4.52. The normalized spacial score (nSPS) is 19.4. The predicted octanol–water partition coefficient (Wildman–Crippen LogP) is 4.51. The topological polar surface area (TPSA) is 24.5 Å². The second-order valence-corrected chi connectivity index (χ2v) is 8.24. The molecule has 3 aromatic rings. The zero-order valence-electron chi connectivity index (χ0n) is 16.3. The van der Waals surface area contributed by atoms with Crippen LogP contribution in [0.3, 0.4) is 0 Å². The van der Waals surface area contributed by atoms with Gasteiger partial charge in [-0.25, -0.2) is 0 Å². The van der Waals surface area contributed by atoms with E-state index in [0.717, 1.165) is 38.3 Å². The Morgan fingerprint density at radius 2 is 1.79 bits per heavy atom. The van der Waals surface area contributed by atoms with Crippen LogP contribution in [-0.2, 0) is 13.1 Å². The Bertz CT molecular complexity index is 907. The van der Waals surface area contributed by atoms with E-state index in [2.05, 4.69) is 64.8 Å². The smallest absolute Gasteiger partial charge is 0.118 e. The molecule has 146 valence electrons. The molecule has 1 N–H and O–H groups in total. The van der Waals surface area contributed by atoms with Crippen LogP contribution in [0.4, 0.5) is 0 Å². The van der Waals surface area contributed by atoms with Gasteiger partial charge in [-0.15, -0.1) is 0 Å². The third-order valence-electron chi connectivity index (χ3n) is 5.61. The molecular formula is C24H28N2OS. The fourth-order valence-electron chi connectivity index (χ4n) is 4.06. The highest BCUT2D eigenvalue weighted by Crippen LogP contribution is 2.23. The van der Waals surface area contributed by atoms with Crippen LogP contribution in [0.2, 0.25) is 0 Å². The second kappa shape index (κ2) is 8.99. The Balaban J connectivity index is 1.57. The van der Waals surface area contributed by atoms with Gasteiger partial charge in [0.25, 0.3) is 0 Å². The van der Waals surface area contributed by atoms with Crippen LogP contribution in [0, 0.1) is 0 Å². The van der Waals surface area contributed by atoms with E-state index < -0.39 is 0 Å². The van der Waals surface area contributed by atoms with Gasteiger partial charge in [-0.05, 0) is 47.0 Å². The Hall–Kier alpha value is -2.01. The minimum Gasteiger partial charge on any atom is -0.497 e. The number of nitrogens with zero attached hydrogens (tertiary/aromatic N) is 1. The number of hydrogen-bond donors (Lipinski definition) is 2. The van der Waals surface area contributed by atoms with Crippen molar-refractivity contribution in [3.8, 4) is 5.75 Å². The first-order chi connectivity index (χ1) is 13.7. The Labute approximate surface area is 173 Å². The molecule has 4 rings (SSSR count). The van der Waals surface area contributed by atoms with Crippen molar-refractivity contribution in [3.05, 3.63) is 77.9 Å². The summed E-state index contributed by atoms with van der Waals surface area (Å²) in [6, 6.07) is 24.1. The van der Waals surface area contributed by atoms with Gasteiger partial charge in [0.15, 0.2) is 0 Å². The van der Waals surface area contributed by atoms with Crippen LogP contribution in [0.1, 0.15) is 17.5 Å². The molecule has 0 bridgehead atoms. The summed E-state index contributed by atoms with van der Waals surface area (Å²) < 4.78 is 5.31. The maximum absolute atomic E-state index is 5.31. The summed E-state index contributed by atoms with van der Waals surface area (Å²) in [5.41, 5.74) is 2.68. The molecule has 0 radical (unpaired) electrons. The van der Waals surface area contributed by atoms with Crippen LogP contribution in [0.5, 0.6) is 5.75 Å². The number of rotatable bonds is 7. The molecule has 0 aromatic heterocycles. The van der Waals surface area contributed by atoms with Gasteiger partial charge in [0, 0.05) is 30.9 Å². The van der Waals surface area contributed by atoms with Gasteiger partial charge >= 0.3 is 0 Å². The van der Waals surface area contributed by atoms with Crippen LogP contribution in [-0.4, -0.2) is 36.4 Å².